The first-order valence-corrected chi connectivity index (χ1v) is 9.42. The lowest BCUT2D eigenvalue weighted by Crippen LogP contribution is -2.40. The number of aliphatic imine (C=N–C) groups is 1. The van der Waals surface area contributed by atoms with E-state index in [1.165, 1.54) is 17.5 Å². The van der Waals surface area contributed by atoms with Gasteiger partial charge in [-0.05, 0) is 50.8 Å². The zero-order chi connectivity index (χ0) is 18.1. The number of rotatable bonds is 8. The van der Waals surface area contributed by atoms with Crippen LogP contribution in [0.3, 0.4) is 0 Å². The number of hydrogen-bond donors (Lipinski definition) is 1. The van der Waals surface area contributed by atoms with Crippen LogP contribution in [0.25, 0.3) is 0 Å². The summed E-state index contributed by atoms with van der Waals surface area (Å²) in [5.41, 5.74) is 2.43. The molecule has 1 unspecified atom stereocenters. The molecule has 1 N–H and O–H groups in total. The van der Waals surface area contributed by atoms with Crippen molar-refractivity contribution in [3.8, 4) is 5.75 Å². The van der Waals surface area contributed by atoms with Gasteiger partial charge in [0.1, 0.15) is 5.75 Å². The standard InChI is InChI=1S/C20H33N3O2.HI/c1-5-21-20(23-12-10-18(14-23)15-25-6-2)22-11-9-17-8-7-16(3)19(13-17)24-4;/h7-8,13,18H,5-6,9-12,14-15H2,1-4H3,(H,21,22);1H. The van der Waals surface area contributed by atoms with Crippen molar-refractivity contribution in [2.24, 2.45) is 10.9 Å². The third-order valence-electron chi connectivity index (χ3n) is 4.61. The monoisotopic (exact) mass is 475 g/mol. The lowest BCUT2D eigenvalue weighted by atomic mass is 10.1. The number of ether oxygens (including phenoxy) is 2. The molecule has 0 aromatic heterocycles. The average Bonchev–Trinajstić information content (AvgIpc) is 3.09. The van der Waals surface area contributed by atoms with E-state index >= 15 is 0 Å². The van der Waals surface area contributed by atoms with E-state index in [9.17, 15) is 0 Å². The lowest BCUT2D eigenvalue weighted by molar-refractivity contribution is 0.114. The van der Waals surface area contributed by atoms with Crippen molar-refractivity contribution in [3.63, 3.8) is 0 Å². The van der Waals surface area contributed by atoms with Crippen LogP contribution in [0.4, 0.5) is 0 Å². The lowest BCUT2D eigenvalue weighted by Gasteiger charge is -2.21. The number of nitrogens with one attached hydrogen (secondary N) is 1. The van der Waals surface area contributed by atoms with Gasteiger partial charge in [0.05, 0.1) is 13.7 Å². The van der Waals surface area contributed by atoms with E-state index in [0.29, 0.717) is 5.92 Å². The molecule has 5 nitrogen and oxygen atoms in total. The van der Waals surface area contributed by atoms with E-state index in [2.05, 4.69) is 49.2 Å². The molecule has 0 radical (unpaired) electrons. The molecule has 1 atom stereocenters. The first-order valence-electron chi connectivity index (χ1n) is 9.42. The Labute approximate surface area is 175 Å². The van der Waals surface area contributed by atoms with E-state index < -0.39 is 0 Å². The van der Waals surface area contributed by atoms with Gasteiger partial charge in [-0.1, -0.05) is 12.1 Å². The Kier molecular flexibility index (Phi) is 11.0. The van der Waals surface area contributed by atoms with Crippen LogP contribution < -0.4 is 10.1 Å². The highest BCUT2D eigenvalue weighted by atomic mass is 127. The summed E-state index contributed by atoms with van der Waals surface area (Å²) in [6.07, 6.45) is 2.10. The van der Waals surface area contributed by atoms with Gasteiger partial charge in [-0.2, -0.15) is 0 Å². The van der Waals surface area contributed by atoms with Gasteiger partial charge < -0.3 is 19.7 Å². The van der Waals surface area contributed by atoms with Crippen LogP contribution in [-0.4, -0.2) is 57.4 Å². The summed E-state index contributed by atoms with van der Waals surface area (Å²) in [5, 5.41) is 3.43. The van der Waals surface area contributed by atoms with Gasteiger partial charge in [0.25, 0.3) is 0 Å². The smallest absolute Gasteiger partial charge is 0.193 e. The minimum absolute atomic E-state index is 0. The Morgan fingerprint density at radius 1 is 1.35 bits per heavy atom. The molecule has 0 amide bonds. The Balaban J connectivity index is 0.00000338. The van der Waals surface area contributed by atoms with Crippen LogP contribution in [0.1, 0.15) is 31.4 Å². The van der Waals surface area contributed by atoms with Crippen LogP contribution in [0.2, 0.25) is 0 Å². The fourth-order valence-corrected chi connectivity index (χ4v) is 3.18. The topological polar surface area (TPSA) is 46.1 Å². The summed E-state index contributed by atoms with van der Waals surface area (Å²) in [6, 6.07) is 6.39. The number of halogens is 1. The number of aryl methyl sites for hydroxylation is 1. The summed E-state index contributed by atoms with van der Waals surface area (Å²) < 4.78 is 11.0. The molecule has 148 valence electrons. The van der Waals surface area contributed by atoms with Gasteiger partial charge in [-0.25, -0.2) is 0 Å². The van der Waals surface area contributed by atoms with Crippen LogP contribution in [0.5, 0.6) is 5.75 Å². The third kappa shape index (κ3) is 6.95. The summed E-state index contributed by atoms with van der Waals surface area (Å²) in [7, 11) is 1.72. The second kappa shape index (κ2) is 12.4. The van der Waals surface area contributed by atoms with Gasteiger partial charge in [0, 0.05) is 38.7 Å². The summed E-state index contributed by atoms with van der Waals surface area (Å²) in [5.74, 6) is 2.59. The van der Waals surface area contributed by atoms with E-state index in [1.54, 1.807) is 7.11 Å². The first-order chi connectivity index (χ1) is 12.2. The molecule has 1 aromatic carbocycles. The maximum atomic E-state index is 5.58. The van der Waals surface area contributed by atoms with Crippen molar-refractivity contribution in [1.29, 1.82) is 0 Å². The van der Waals surface area contributed by atoms with Crippen molar-refractivity contribution in [2.45, 2.75) is 33.6 Å². The highest BCUT2D eigenvalue weighted by Crippen LogP contribution is 2.19. The number of benzene rings is 1. The highest BCUT2D eigenvalue weighted by molar-refractivity contribution is 14.0. The van der Waals surface area contributed by atoms with E-state index in [4.69, 9.17) is 14.5 Å². The first kappa shape index (κ1) is 23.0. The molecule has 0 saturated carbocycles. The highest BCUT2D eigenvalue weighted by Gasteiger charge is 2.24. The molecule has 2 rings (SSSR count). The predicted octanol–water partition coefficient (Wildman–Crippen LogP) is 3.49. The van der Waals surface area contributed by atoms with Crippen molar-refractivity contribution < 1.29 is 9.47 Å². The molecule has 0 aliphatic carbocycles. The second-order valence-corrected chi connectivity index (χ2v) is 6.55. The second-order valence-electron chi connectivity index (χ2n) is 6.55. The SMILES string of the molecule is CCNC(=NCCc1ccc(C)c(OC)c1)N1CCC(COCC)C1.I. The molecule has 1 aromatic rings. The molecule has 0 bridgehead atoms. The van der Waals surface area contributed by atoms with Crippen LogP contribution in [0, 0.1) is 12.8 Å². The van der Waals surface area contributed by atoms with Gasteiger partial charge in [0.15, 0.2) is 5.96 Å². The average molecular weight is 475 g/mol. The molecule has 1 saturated heterocycles. The quantitative estimate of drug-likeness (QED) is 0.355. The Morgan fingerprint density at radius 3 is 2.85 bits per heavy atom. The Bertz CT molecular complexity index is 566. The largest absolute Gasteiger partial charge is 0.496 e. The van der Waals surface area contributed by atoms with Crippen LogP contribution in [0.15, 0.2) is 23.2 Å². The van der Waals surface area contributed by atoms with Crippen molar-refractivity contribution in [2.75, 3.05) is 46.5 Å². The van der Waals surface area contributed by atoms with Crippen LogP contribution in [-0.2, 0) is 11.2 Å². The van der Waals surface area contributed by atoms with E-state index in [1.807, 2.05) is 0 Å². The fraction of sp³-hybridized carbons (Fsp3) is 0.650. The number of methoxy groups -OCH3 is 1. The molecular formula is C20H34IN3O2. The molecule has 0 spiro atoms. The summed E-state index contributed by atoms with van der Waals surface area (Å²) >= 11 is 0. The van der Waals surface area contributed by atoms with Gasteiger partial charge >= 0.3 is 0 Å². The summed E-state index contributed by atoms with van der Waals surface area (Å²) in [6.45, 7) is 11.7. The summed E-state index contributed by atoms with van der Waals surface area (Å²) in [4.78, 5) is 7.20. The normalized spacial score (nSPS) is 17.2. The van der Waals surface area contributed by atoms with Crippen molar-refractivity contribution in [3.05, 3.63) is 29.3 Å². The molecule has 1 heterocycles. The molecule has 1 fully saturated rings. The molecule has 6 heteroatoms. The molecular weight excluding hydrogens is 441 g/mol. The molecule has 1 aliphatic heterocycles. The molecule has 26 heavy (non-hydrogen) atoms. The predicted molar refractivity (Wildman–Crippen MR) is 119 cm³/mol. The van der Waals surface area contributed by atoms with Crippen molar-refractivity contribution in [1.82, 2.24) is 10.2 Å². The minimum atomic E-state index is 0. The zero-order valence-corrected chi connectivity index (χ0v) is 18.9. The van der Waals surface area contributed by atoms with Gasteiger partial charge in [-0.15, -0.1) is 24.0 Å². The van der Waals surface area contributed by atoms with Gasteiger partial charge in [0.2, 0.25) is 0 Å². The van der Waals surface area contributed by atoms with Gasteiger partial charge in [-0.3, -0.25) is 4.99 Å². The number of hydrogen-bond acceptors (Lipinski definition) is 3. The number of nitrogens with zero attached hydrogens (tertiary/aromatic N) is 2. The Hall–Kier alpha value is -1.02. The molecule has 1 aliphatic rings. The Morgan fingerprint density at radius 2 is 2.15 bits per heavy atom. The number of guanidine groups is 1. The number of likely N-dealkylation sites (tertiary alicyclic amines) is 1. The maximum absolute atomic E-state index is 5.58. The zero-order valence-electron chi connectivity index (χ0n) is 16.6. The minimum Gasteiger partial charge on any atom is -0.496 e. The maximum Gasteiger partial charge on any atom is 0.193 e. The fourth-order valence-electron chi connectivity index (χ4n) is 3.18. The van der Waals surface area contributed by atoms with E-state index in [0.717, 1.165) is 57.5 Å². The van der Waals surface area contributed by atoms with Crippen molar-refractivity contribution >= 4 is 29.9 Å². The van der Waals surface area contributed by atoms with Crippen LogP contribution >= 0.6 is 24.0 Å². The third-order valence-corrected chi connectivity index (χ3v) is 4.61. The van der Waals surface area contributed by atoms with E-state index in [-0.39, 0.29) is 24.0 Å².